The lowest BCUT2D eigenvalue weighted by atomic mass is 10.3. The maximum Gasteiger partial charge on any atom is 0.148 e. The molecular formula is C8H14N2O2S2. The Kier molecular flexibility index (Phi) is 4.03. The van der Waals surface area contributed by atoms with Crippen molar-refractivity contribution in [2.24, 2.45) is 0 Å². The fourth-order valence-corrected chi connectivity index (χ4v) is 2.14. The van der Waals surface area contributed by atoms with Gasteiger partial charge in [-0.3, -0.25) is 4.98 Å². The van der Waals surface area contributed by atoms with E-state index in [1.165, 1.54) is 6.26 Å². The van der Waals surface area contributed by atoms with Crippen LogP contribution in [-0.2, 0) is 9.84 Å². The molecule has 0 aliphatic heterocycles. The van der Waals surface area contributed by atoms with Gasteiger partial charge in [0, 0.05) is 29.9 Å². The van der Waals surface area contributed by atoms with Crippen molar-refractivity contribution in [3.05, 3.63) is 16.6 Å². The standard InChI is InChI=1S/C8H14N2O2S2/c1-7(8-5-9-6-13-8)10-3-4-14(2,11)12/h5-7,10H,3-4H2,1-2H3. The van der Waals surface area contributed by atoms with Crippen molar-refractivity contribution in [1.29, 1.82) is 0 Å². The summed E-state index contributed by atoms with van der Waals surface area (Å²) in [5.74, 6) is 0.177. The monoisotopic (exact) mass is 234 g/mol. The van der Waals surface area contributed by atoms with E-state index in [4.69, 9.17) is 0 Å². The summed E-state index contributed by atoms with van der Waals surface area (Å²) >= 11 is 1.57. The fraction of sp³-hybridized carbons (Fsp3) is 0.625. The lowest BCUT2D eigenvalue weighted by Gasteiger charge is -2.10. The molecule has 0 aliphatic rings. The maximum absolute atomic E-state index is 10.8. The Labute approximate surface area is 88.3 Å². The molecule has 0 fully saturated rings. The molecule has 0 aliphatic carbocycles. The first-order valence-corrected chi connectivity index (χ1v) is 7.22. The molecule has 0 radical (unpaired) electrons. The topological polar surface area (TPSA) is 59.1 Å². The Morgan fingerprint density at radius 1 is 1.64 bits per heavy atom. The normalized spacial score (nSPS) is 14.1. The van der Waals surface area contributed by atoms with Crippen LogP contribution in [0.3, 0.4) is 0 Å². The predicted molar refractivity (Wildman–Crippen MR) is 58.2 cm³/mol. The number of hydrogen-bond donors (Lipinski definition) is 1. The summed E-state index contributed by atoms with van der Waals surface area (Å²) in [7, 11) is -2.86. The highest BCUT2D eigenvalue weighted by Gasteiger charge is 2.07. The smallest absolute Gasteiger partial charge is 0.148 e. The van der Waals surface area contributed by atoms with E-state index in [0.717, 1.165) is 4.88 Å². The lowest BCUT2D eigenvalue weighted by Crippen LogP contribution is -2.24. The molecule has 1 rings (SSSR count). The number of sulfone groups is 1. The predicted octanol–water partition coefficient (Wildman–Crippen LogP) is 0.838. The molecule has 0 amide bonds. The van der Waals surface area contributed by atoms with E-state index in [-0.39, 0.29) is 11.8 Å². The van der Waals surface area contributed by atoms with Crippen LogP contribution in [0.15, 0.2) is 11.7 Å². The zero-order valence-electron chi connectivity index (χ0n) is 8.23. The Morgan fingerprint density at radius 2 is 2.36 bits per heavy atom. The molecular weight excluding hydrogens is 220 g/mol. The largest absolute Gasteiger partial charge is 0.308 e. The van der Waals surface area contributed by atoms with E-state index in [0.29, 0.717) is 6.54 Å². The average molecular weight is 234 g/mol. The number of hydrogen-bond acceptors (Lipinski definition) is 5. The van der Waals surface area contributed by atoms with E-state index < -0.39 is 9.84 Å². The average Bonchev–Trinajstić information content (AvgIpc) is 2.53. The van der Waals surface area contributed by atoms with Crippen molar-refractivity contribution in [2.45, 2.75) is 13.0 Å². The van der Waals surface area contributed by atoms with E-state index in [2.05, 4.69) is 10.3 Å². The molecule has 80 valence electrons. The molecule has 0 bridgehead atoms. The van der Waals surface area contributed by atoms with Gasteiger partial charge in [0.2, 0.25) is 0 Å². The number of nitrogens with one attached hydrogen (secondary N) is 1. The molecule has 1 unspecified atom stereocenters. The van der Waals surface area contributed by atoms with Crippen molar-refractivity contribution in [3.63, 3.8) is 0 Å². The third-order valence-electron chi connectivity index (χ3n) is 1.80. The summed E-state index contributed by atoms with van der Waals surface area (Å²) in [6.07, 6.45) is 3.04. The molecule has 4 nitrogen and oxygen atoms in total. The highest BCUT2D eigenvalue weighted by atomic mass is 32.2. The van der Waals surface area contributed by atoms with Gasteiger partial charge in [0.15, 0.2) is 0 Å². The van der Waals surface area contributed by atoms with E-state index in [1.54, 1.807) is 23.0 Å². The van der Waals surface area contributed by atoms with Crippen LogP contribution in [0.5, 0.6) is 0 Å². The molecule has 1 aromatic rings. The van der Waals surface area contributed by atoms with Gasteiger partial charge >= 0.3 is 0 Å². The first-order chi connectivity index (χ1) is 6.49. The van der Waals surface area contributed by atoms with Gasteiger partial charge in [0.05, 0.1) is 11.3 Å². The van der Waals surface area contributed by atoms with Gasteiger partial charge in [-0.05, 0) is 6.92 Å². The van der Waals surface area contributed by atoms with E-state index in [1.807, 2.05) is 6.92 Å². The van der Waals surface area contributed by atoms with E-state index >= 15 is 0 Å². The SMILES string of the molecule is CC(NCCS(C)(=O)=O)c1cncs1. The van der Waals surface area contributed by atoms with Gasteiger partial charge in [-0.25, -0.2) is 8.42 Å². The summed E-state index contributed by atoms with van der Waals surface area (Å²) in [5.41, 5.74) is 1.77. The van der Waals surface area contributed by atoms with Crippen LogP contribution in [0.1, 0.15) is 17.8 Å². The second kappa shape index (κ2) is 4.86. The Morgan fingerprint density at radius 3 is 2.86 bits per heavy atom. The molecule has 1 aromatic heterocycles. The zero-order valence-corrected chi connectivity index (χ0v) is 9.86. The quantitative estimate of drug-likeness (QED) is 0.820. The third kappa shape index (κ3) is 4.17. The minimum absolute atomic E-state index is 0.171. The fourth-order valence-electron chi connectivity index (χ4n) is 1.00. The highest BCUT2D eigenvalue weighted by Crippen LogP contribution is 2.15. The van der Waals surface area contributed by atoms with Crippen LogP contribution in [-0.4, -0.2) is 32.0 Å². The van der Waals surface area contributed by atoms with Crippen LogP contribution in [0, 0.1) is 0 Å². The van der Waals surface area contributed by atoms with Crippen LogP contribution >= 0.6 is 11.3 Å². The van der Waals surface area contributed by atoms with Crippen LogP contribution in [0.25, 0.3) is 0 Å². The summed E-state index contributed by atoms with van der Waals surface area (Å²) in [5, 5.41) is 3.13. The molecule has 1 N–H and O–H groups in total. The van der Waals surface area contributed by atoms with E-state index in [9.17, 15) is 8.42 Å². The summed E-state index contributed by atoms with van der Waals surface area (Å²) in [4.78, 5) is 5.08. The second-order valence-electron chi connectivity index (χ2n) is 3.21. The van der Waals surface area contributed by atoms with Crippen molar-refractivity contribution < 1.29 is 8.42 Å². The first-order valence-electron chi connectivity index (χ1n) is 4.28. The highest BCUT2D eigenvalue weighted by molar-refractivity contribution is 7.90. The van der Waals surface area contributed by atoms with Gasteiger partial charge in [-0.2, -0.15) is 0 Å². The third-order valence-corrected chi connectivity index (χ3v) is 3.71. The number of nitrogens with zero attached hydrogens (tertiary/aromatic N) is 1. The summed E-state index contributed by atoms with van der Waals surface area (Å²) in [6.45, 7) is 2.48. The lowest BCUT2D eigenvalue weighted by molar-refractivity contribution is 0.579. The molecule has 6 heteroatoms. The van der Waals surface area contributed by atoms with Gasteiger partial charge < -0.3 is 5.32 Å². The molecule has 0 saturated carbocycles. The first kappa shape index (κ1) is 11.6. The van der Waals surface area contributed by atoms with Crippen molar-refractivity contribution in [3.8, 4) is 0 Å². The Hall–Kier alpha value is -0.460. The maximum atomic E-state index is 10.8. The van der Waals surface area contributed by atoms with Gasteiger partial charge in [-0.1, -0.05) is 0 Å². The van der Waals surface area contributed by atoms with Crippen molar-refractivity contribution in [1.82, 2.24) is 10.3 Å². The van der Waals surface area contributed by atoms with Gasteiger partial charge in [0.25, 0.3) is 0 Å². The molecule has 14 heavy (non-hydrogen) atoms. The van der Waals surface area contributed by atoms with Crippen LogP contribution < -0.4 is 5.32 Å². The van der Waals surface area contributed by atoms with Crippen molar-refractivity contribution in [2.75, 3.05) is 18.6 Å². The molecule has 0 saturated heterocycles. The summed E-state index contributed by atoms with van der Waals surface area (Å²) < 4.78 is 21.7. The summed E-state index contributed by atoms with van der Waals surface area (Å²) in [6, 6.07) is 0.171. The molecule has 0 spiro atoms. The number of aromatic nitrogens is 1. The van der Waals surface area contributed by atoms with Crippen molar-refractivity contribution >= 4 is 21.2 Å². The van der Waals surface area contributed by atoms with Gasteiger partial charge in [-0.15, -0.1) is 11.3 Å². The number of thiazole rings is 1. The Bertz CT molecular complexity index is 359. The molecule has 0 aromatic carbocycles. The minimum Gasteiger partial charge on any atom is -0.308 e. The van der Waals surface area contributed by atoms with Gasteiger partial charge in [0.1, 0.15) is 9.84 Å². The minimum atomic E-state index is -2.86. The zero-order chi connectivity index (χ0) is 10.6. The molecule has 1 heterocycles. The van der Waals surface area contributed by atoms with Crippen LogP contribution in [0.4, 0.5) is 0 Å². The Balaban J connectivity index is 2.33. The van der Waals surface area contributed by atoms with Crippen LogP contribution in [0.2, 0.25) is 0 Å². The second-order valence-corrected chi connectivity index (χ2v) is 6.39. The molecule has 1 atom stereocenters. The number of rotatable bonds is 5.